The van der Waals surface area contributed by atoms with E-state index in [9.17, 15) is 0 Å². The quantitative estimate of drug-likeness (QED) is 0.200. The number of aromatic nitrogens is 1. The second-order valence-corrected chi connectivity index (χ2v) is 11.6. The molecule has 0 fully saturated rings. The summed E-state index contributed by atoms with van der Waals surface area (Å²) in [6, 6.07) is 57.8. The zero-order valence-corrected chi connectivity index (χ0v) is 25.0. The number of rotatable bonds is 5. The van der Waals surface area contributed by atoms with Crippen molar-refractivity contribution in [1.29, 1.82) is 0 Å². The number of para-hydroxylation sites is 2. The van der Waals surface area contributed by atoms with E-state index in [4.69, 9.17) is 9.40 Å². The molecule has 0 unspecified atom stereocenters. The Morgan fingerprint density at radius 3 is 2.04 bits per heavy atom. The Balaban J connectivity index is 1.22. The summed E-state index contributed by atoms with van der Waals surface area (Å²) in [5, 5.41) is 5.70. The van der Waals surface area contributed by atoms with Crippen LogP contribution in [0.2, 0.25) is 0 Å². The summed E-state index contributed by atoms with van der Waals surface area (Å²) in [5.74, 6) is 0. The van der Waals surface area contributed by atoms with Gasteiger partial charge in [-0.05, 0) is 63.9 Å². The first-order chi connectivity index (χ1) is 22.8. The molecule has 0 bridgehead atoms. The predicted molar refractivity (Wildman–Crippen MR) is 192 cm³/mol. The molecule has 216 valence electrons. The minimum Gasteiger partial charge on any atom is -0.454 e. The van der Waals surface area contributed by atoms with Gasteiger partial charge in [0, 0.05) is 27.4 Å². The first-order valence-electron chi connectivity index (χ1n) is 15.5. The number of benzene rings is 7. The molecule has 0 aliphatic heterocycles. The molecule has 46 heavy (non-hydrogen) atoms. The van der Waals surface area contributed by atoms with Crippen molar-refractivity contribution in [2.75, 3.05) is 4.90 Å². The number of fused-ring (bicyclic) bond motifs is 6. The highest BCUT2D eigenvalue weighted by Gasteiger charge is 2.19. The lowest BCUT2D eigenvalue weighted by molar-refractivity contribution is 0.671. The van der Waals surface area contributed by atoms with Crippen molar-refractivity contribution in [3.63, 3.8) is 0 Å². The fourth-order valence-corrected chi connectivity index (χ4v) is 6.71. The number of pyridine rings is 1. The third-order valence-electron chi connectivity index (χ3n) is 8.90. The molecular weight excluding hydrogens is 560 g/mol. The molecule has 0 aliphatic rings. The molecule has 0 N–H and O–H groups in total. The largest absolute Gasteiger partial charge is 0.454 e. The number of anilines is 3. The lowest BCUT2D eigenvalue weighted by atomic mass is 9.97. The second-order valence-electron chi connectivity index (χ2n) is 11.6. The monoisotopic (exact) mass is 588 g/mol. The number of furan rings is 1. The minimum atomic E-state index is 0.820. The summed E-state index contributed by atoms with van der Waals surface area (Å²) in [7, 11) is 0. The molecule has 3 heteroatoms. The Hall–Kier alpha value is -6.19. The molecule has 0 atom stereocenters. The van der Waals surface area contributed by atoms with E-state index >= 15 is 0 Å². The van der Waals surface area contributed by atoms with Gasteiger partial charge in [-0.1, -0.05) is 127 Å². The predicted octanol–water partition coefficient (Wildman–Crippen LogP) is 12.1. The summed E-state index contributed by atoms with van der Waals surface area (Å²) < 4.78 is 6.32. The minimum absolute atomic E-state index is 0.820. The highest BCUT2D eigenvalue weighted by Crippen LogP contribution is 2.43. The number of nitrogens with zero attached hydrogens (tertiary/aromatic N) is 2. The summed E-state index contributed by atoms with van der Waals surface area (Å²) in [6.45, 7) is 0. The van der Waals surface area contributed by atoms with Crippen molar-refractivity contribution in [3.05, 3.63) is 170 Å². The van der Waals surface area contributed by atoms with Crippen LogP contribution in [0.1, 0.15) is 0 Å². The van der Waals surface area contributed by atoms with Crippen molar-refractivity contribution < 1.29 is 4.42 Å². The van der Waals surface area contributed by atoms with Gasteiger partial charge in [-0.2, -0.15) is 0 Å². The smallest absolute Gasteiger partial charge is 0.161 e. The van der Waals surface area contributed by atoms with Crippen LogP contribution in [-0.4, -0.2) is 4.98 Å². The SMILES string of the molecule is c1ccc(-c2ccccc2N(c2ccc(-c3cccc4ccccc34)cc2)c2cnc3c(ccc4c5ccccc5oc43)c2)cc1. The van der Waals surface area contributed by atoms with Gasteiger partial charge in [-0.25, -0.2) is 0 Å². The van der Waals surface area contributed by atoms with Gasteiger partial charge in [0.2, 0.25) is 0 Å². The Morgan fingerprint density at radius 1 is 0.457 bits per heavy atom. The van der Waals surface area contributed by atoms with E-state index in [1.54, 1.807) is 0 Å². The Kier molecular flexibility index (Phi) is 6.14. The topological polar surface area (TPSA) is 29.3 Å². The maximum Gasteiger partial charge on any atom is 0.161 e. The molecule has 0 radical (unpaired) electrons. The normalized spacial score (nSPS) is 11.5. The highest BCUT2D eigenvalue weighted by atomic mass is 16.3. The molecular formula is C43H28N2O. The molecule has 9 aromatic rings. The van der Waals surface area contributed by atoms with Gasteiger partial charge in [0.1, 0.15) is 11.1 Å². The van der Waals surface area contributed by atoms with Gasteiger partial charge in [-0.15, -0.1) is 0 Å². The highest BCUT2D eigenvalue weighted by molar-refractivity contribution is 6.14. The van der Waals surface area contributed by atoms with E-state index < -0.39 is 0 Å². The lowest BCUT2D eigenvalue weighted by Gasteiger charge is -2.28. The first kappa shape index (κ1) is 26.2. The first-order valence-corrected chi connectivity index (χ1v) is 15.5. The maximum absolute atomic E-state index is 6.32. The average Bonchev–Trinajstić information content (AvgIpc) is 3.52. The van der Waals surface area contributed by atoms with Gasteiger partial charge in [0.15, 0.2) is 5.58 Å². The van der Waals surface area contributed by atoms with Gasteiger partial charge in [0.05, 0.1) is 17.6 Å². The van der Waals surface area contributed by atoms with Crippen LogP contribution in [0.25, 0.3) is 65.9 Å². The Morgan fingerprint density at radius 2 is 1.15 bits per heavy atom. The summed E-state index contributed by atoms with van der Waals surface area (Å²) in [5.41, 5.74) is 10.4. The van der Waals surface area contributed by atoms with Crippen molar-refractivity contribution in [3.8, 4) is 22.3 Å². The van der Waals surface area contributed by atoms with Crippen molar-refractivity contribution in [2.45, 2.75) is 0 Å². The van der Waals surface area contributed by atoms with Crippen molar-refractivity contribution in [2.24, 2.45) is 0 Å². The van der Waals surface area contributed by atoms with Gasteiger partial charge >= 0.3 is 0 Å². The lowest BCUT2D eigenvalue weighted by Crippen LogP contribution is -2.11. The second kappa shape index (κ2) is 10.8. The molecule has 0 saturated heterocycles. The molecule has 0 saturated carbocycles. The zero-order chi connectivity index (χ0) is 30.5. The van der Waals surface area contributed by atoms with Crippen LogP contribution in [0.3, 0.4) is 0 Å². The standard InChI is InChI=1S/C43H28N2O/c1-2-11-30(12-3-1)37-16-6-8-19-40(37)45(33-24-21-31(22-25-33)36-18-10-14-29-13-4-5-15-35(29)36)34-27-32-23-26-39-38-17-7-9-20-41(38)46-43(39)42(32)44-28-34/h1-28H. The summed E-state index contributed by atoms with van der Waals surface area (Å²) in [6.07, 6.45) is 1.97. The van der Waals surface area contributed by atoms with E-state index in [0.717, 1.165) is 61.0 Å². The van der Waals surface area contributed by atoms with Crippen LogP contribution in [-0.2, 0) is 0 Å². The van der Waals surface area contributed by atoms with Crippen LogP contribution < -0.4 is 4.90 Å². The summed E-state index contributed by atoms with van der Waals surface area (Å²) in [4.78, 5) is 7.35. The third kappa shape index (κ3) is 4.33. The zero-order valence-electron chi connectivity index (χ0n) is 25.0. The van der Waals surface area contributed by atoms with E-state index in [0.29, 0.717) is 0 Å². The average molecular weight is 589 g/mol. The van der Waals surface area contributed by atoms with E-state index in [-0.39, 0.29) is 0 Å². The molecule has 0 spiro atoms. The Bertz CT molecular complexity index is 2530. The van der Waals surface area contributed by atoms with Gasteiger partial charge < -0.3 is 9.32 Å². The van der Waals surface area contributed by atoms with Crippen LogP contribution in [0, 0.1) is 0 Å². The van der Waals surface area contributed by atoms with Gasteiger partial charge in [-0.3, -0.25) is 4.98 Å². The molecule has 9 rings (SSSR count). The summed E-state index contributed by atoms with van der Waals surface area (Å²) >= 11 is 0. The third-order valence-corrected chi connectivity index (χ3v) is 8.90. The Labute approximate surface area is 266 Å². The van der Waals surface area contributed by atoms with Crippen LogP contribution in [0.4, 0.5) is 17.1 Å². The molecule has 2 heterocycles. The van der Waals surface area contributed by atoms with E-state index in [1.807, 2.05) is 24.4 Å². The van der Waals surface area contributed by atoms with E-state index in [1.165, 1.54) is 21.9 Å². The fourth-order valence-electron chi connectivity index (χ4n) is 6.71. The van der Waals surface area contributed by atoms with Gasteiger partial charge in [0.25, 0.3) is 0 Å². The fraction of sp³-hybridized carbons (Fsp3) is 0. The number of hydrogen-bond donors (Lipinski definition) is 0. The van der Waals surface area contributed by atoms with E-state index in [2.05, 4.69) is 150 Å². The molecule has 2 aromatic heterocycles. The van der Waals surface area contributed by atoms with Crippen molar-refractivity contribution in [1.82, 2.24) is 4.98 Å². The molecule has 0 aliphatic carbocycles. The number of hydrogen-bond acceptors (Lipinski definition) is 3. The van der Waals surface area contributed by atoms with Crippen LogP contribution in [0.15, 0.2) is 174 Å². The van der Waals surface area contributed by atoms with Crippen LogP contribution in [0.5, 0.6) is 0 Å². The molecule has 3 nitrogen and oxygen atoms in total. The maximum atomic E-state index is 6.32. The van der Waals surface area contributed by atoms with Crippen molar-refractivity contribution >= 4 is 60.7 Å². The van der Waals surface area contributed by atoms with Crippen LogP contribution >= 0.6 is 0 Å². The molecule has 0 amide bonds. The molecule has 7 aromatic carbocycles.